The second-order valence-electron chi connectivity index (χ2n) is 6.67. The Morgan fingerprint density at radius 2 is 1.76 bits per heavy atom. The van der Waals surface area contributed by atoms with Crippen molar-refractivity contribution < 1.29 is 4.79 Å². The van der Waals surface area contributed by atoms with E-state index in [0.717, 1.165) is 36.1 Å². The molecule has 3 rings (SSSR count). The van der Waals surface area contributed by atoms with Gasteiger partial charge < -0.3 is 16.0 Å². The van der Waals surface area contributed by atoms with E-state index in [1.165, 1.54) is 22.5 Å². The van der Waals surface area contributed by atoms with Crippen LogP contribution in [-0.4, -0.2) is 42.5 Å². The third-order valence-corrected chi connectivity index (χ3v) is 5.57. The molecule has 2 aromatic carbocycles. The van der Waals surface area contributed by atoms with Crippen LogP contribution in [0.2, 0.25) is 0 Å². The molecule has 8 heteroatoms. The van der Waals surface area contributed by atoms with E-state index in [1.54, 1.807) is 0 Å². The number of hydrogen-bond donors (Lipinski definition) is 2. The van der Waals surface area contributed by atoms with Crippen molar-refractivity contribution in [3.63, 3.8) is 0 Å². The molecule has 0 aliphatic carbocycles. The van der Waals surface area contributed by atoms with E-state index in [-0.39, 0.29) is 30.7 Å². The normalized spacial score (nSPS) is 10.4. The van der Waals surface area contributed by atoms with Gasteiger partial charge in [0.15, 0.2) is 5.01 Å². The van der Waals surface area contributed by atoms with Crippen LogP contribution in [0.5, 0.6) is 0 Å². The maximum absolute atomic E-state index is 12.3. The minimum absolute atomic E-state index is 0. The molecule has 29 heavy (non-hydrogen) atoms. The zero-order valence-corrected chi connectivity index (χ0v) is 18.9. The van der Waals surface area contributed by atoms with Gasteiger partial charge >= 0.3 is 0 Å². The molecule has 0 saturated heterocycles. The lowest BCUT2D eigenvalue weighted by atomic mass is 10.1. The number of benzene rings is 2. The molecule has 3 N–H and O–H groups in total. The molecule has 1 amide bonds. The van der Waals surface area contributed by atoms with Gasteiger partial charge in [-0.05, 0) is 49.7 Å². The van der Waals surface area contributed by atoms with E-state index >= 15 is 0 Å². The van der Waals surface area contributed by atoms with E-state index in [9.17, 15) is 4.79 Å². The number of aryl methyl sites for hydroxylation is 1. The van der Waals surface area contributed by atoms with Gasteiger partial charge in [0.25, 0.3) is 5.91 Å². The van der Waals surface area contributed by atoms with Crippen LogP contribution in [0.3, 0.4) is 0 Å². The SMILES string of the molecule is CN(CCCc1ccc(CN)cc1)CCNC(=O)c1nc2ccccc2s1.Cl.Cl. The monoisotopic (exact) mass is 454 g/mol. The van der Waals surface area contributed by atoms with Crippen LogP contribution < -0.4 is 11.1 Å². The average molecular weight is 455 g/mol. The fourth-order valence-electron chi connectivity index (χ4n) is 2.91. The zero-order chi connectivity index (χ0) is 19.1. The number of likely N-dealkylation sites (N-methyl/N-ethyl adjacent to an activating group) is 1. The Labute approximate surface area is 188 Å². The number of nitrogens with one attached hydrogen (secondary N) is 1. The summed E-state index contributed by atoms with van der Waals surface area (Å²) < 4.78 is 1.04. The number of aromatic nitrogens is 1. The Bertz CT molecular complexity index is 853. The predicted octanol–water partition coefficient (Wildman–Crippen LogP) is 3.89. The number of hydrogen-bond acceptors (Lipinski definition) is 5. The number of carbonyl (C=O) groups excluding carboxylic acids is 1. The number of halogens is 2. The number of para-hydroxylation sites is 1. The summed E-state index contributed by atoms with van der Waals surface area (Å²) in [4.78, 5) is 18.9. The Balaban J connectivity index is 0.00000210. The molecule has 0 aliphatic heterocycles. The topological polar surface area (TPSA) is 71.2 Å². The molecule has 1 heterocycles. The summed E-state index contributed by atoms with van der Waals surface area (Å²) in [5.74, 6) is -0.0930. The van der Waals surface area contributed by atoms with E-state index < -0.39 is 0 Å². The molecule has 158 valence electrons. The Hall–Kier alpha value is -1.70. The first-order chi connectivity index (χ1) is 13.2. The van der Waals surface area contributed by atoms with Gasteiger partial charge in [0.05, 0.1) is 10.2 Å². The highest BCUT2D eigenvalue weighted by Crippen LogP contribution is 2.21. The molecule has 0 unspecified atom stereocenters. The van der Waals surface area contributed by atoms with Crippen LogP contribution in [0, 0.1) is 0 Å². The largest absolute Gasteiger partial charge is 0.349 e. The maximum atomic E-state index is 12.3. The smallest absolute Gasteiger partial charge is 0.280 e. The lowest BCUT2D eigenvalue weighted by Crippen LogP contribution is -2.33. The number of fused-ring (bicyclic) bond motifs is 1. The van der Waals surface area contributed by atoms with E-state index in [1.807, 2.05) is 24.3 Å². The number of carbonyl (C=O) groups is 1. The molecule has 0 radical (unpaired) electrons. The first-order valence-electron chi connectivity index (χ1n) is 9.26. The van der Waals surface area contributed by atoms with Crippen molar-refractivity contribution >= 4 is 52.3 Å². The molecule has 0 aliphatic rings. The van der Waals surface area contributed by atoms with E-state index in [4.69, 9.17) is 5.73 Å². The lowest BCUT2D eigenvalue weighted by molar-refractivity contribution is 0.0949. The van der Waals surface area contributed by atoms with Gasteiger partial charge in [-0.15, -0.1) is 36.2 Å². The Morgan fingerprint density at radius 3 is 2.45 bits per heavy atom. The van der Waals surface area contributed by atoms with Crippen LogP contribution in [0.25, 0.3) is 10.2 Å². The number of thiazole rings is 1. The third-order valence-electron chi connectivity index (χ3n) is 4.53. The number of rotatable bonds is 9. The van der Waals surface area contributed by atoms with Gasteiger partial charge in [0, 0.05) is 19.6 Å². The molecular weight excluding hydrogens is 427 g/mol. The van der Waals surface area contributed by atoms with Gasteiger partial charge in [0.1, 0.15) is 0 Å². The maximum Gasteiger partial charge on any atom is 0.280 e. The second-order valence-corrected chi connectivity index (χ2v) is 7.70. The first-order valence-corrected chi connectivity index (χ1v) is 10.1. The summed E-state index contributed by atoms with van der Waals surface area (Å²) in [5.41, 5.74) is 9.01. The quantitative estimate of drug-likeness (QED) is 0.514. The van der Waals surface area contributed by atoms with Gasteiger partial charge in [-0.1, -0.05) is 36.4 Å². The summed E-state index contributed by atoms with van der Waals surface area (Å²) in [6.07, 6.45) is 2.14. The van der Waals surface area contributed by atoms with Crippen molar-refractivity contribution in [1.29, 1.82) is 0 Å². The van der Waals surface area contributed by atoms with E-state index in [0.29, 0.717) is 18.1 Å². The number of amides is 1. The molecule has 0 atom stereocenters. The highest BCUT2D eigenvalue weighted by Gasteiger charge is 2.11. The summed E-state index contributed by atoms with van der Waals surface area (Å²) in [7, 11) is 2.08. The molecule has 0 saturated carbocycles. The third kappa shape index (κ3) is 7.57. The summed E-state index contributed by atoms with van der Waals surface area (Å²) >= 11 is 1.43. The van der Waals surface area contributed by atoms with Crippen molar-refractivity contribution in [3.05, 3.63) is 64.7 Å². The minimum atomic E-state index is -0.0930. The van der Waals surface area contributed by atoms with Gasteiger partial charge in [-0.2, -0.15) is 0 Å². The molecule has 0 fully saturated rings. The first kappa shape index (κ1) is 25.3. The molecule has 5 nitrogen and oxygen atoms in total. The van der Waals surface area contributed by atoms with Crippen molar-refractivity contribution in [2.75, 3.05) is 26.7 Å². The molecule has 1 aromatic heterocycles. The van der Waals surface area contributed by atoms with Crippen molar-refractivity contribution in [2.45, 2.75) is 19.4 Å². The Morgan fingerprint density at radius 1 is 1.07 bits per heavy atom. The van der Waals surface area contributed by atoms with Crippen molar-refractivity contribution in [2.24, 2.45) is 5.73 Å². The predicted molar refractivity (Wildman–Crippen MR) is 127 cm³/mol. The fraction of sp³-hybridized carbons (Fsp3) is 0.333. The summed E-state index contributed by atoms with van der Waals surface area (Å²) in [5, 5.41) is 3.49. The summed E-state index contributed by atoms with van der Waals surface area (Å²) in [6.45, 7) is 3.03. The number of nitrogens with two attached hydrogens (primary N) is 1. The number of nitrogens with zero attached hydrogens (tertiary/aromatic N) is 2. The van der Waals surface area contributed by atoms with E-state index in [2.05, 4.69) is 46.5 Å². The summed E-state index contributed by atoms with van der Waals surface area (Å²) in [6, 6.07) is 16.3. The van der Waals surface area contributed by atoms with Gasteiger partial charge in [-0.3, -0.25) is 4.79 Å². The fourth-order valence-corrected chi connectivity index (χ4v) is 3.79. The molecule has 0 bridgehead atoms. The van der Waals surface area contributed by atoms with Crippen molar-refractivity contribution in [3.8, 4) is 0 Å². The van der Waals surface area contributed by atoms with Crippen LogP contribution in [-0.2, 0) is 13.0 Å². The van der Waals surface area contributed by atoms with Crippen LogP contribution in [0.4, 0.5) is 0 Å². The van der Waals surface area contributed by atoms with Crippen LogP contribution in [0.15, 0.2) is 48.5 Å². The average Bonchev–Trinajstić information content (AvgIpc) is 3.13. The van der Waals surface area contributed by atoms with Crippen LogP contribution in [0.1, 0.15) is 27.3 Å². The Kier molecular flexibility index (Phi) is 11.2. The highest BCUT2D eigenvalue weighted by molar-refractivity contribution is 7.20. The highest BCUT2D eigenvalue weighted by atomic mass is 35.5. The standard InChI is InChI=1S/C21H26N4OS.2ClH/c1-25(13-4-5-16-8-10-17(15-22)11-9-16)14-12-23-20(26)21-24-18-6-2-3-7-19(18)27-21;;/h2-3,6-11H,4-5,12-15,22H2,1H3,(H,23,26);2*1H. The molecule has 3 aromatic rings. The minimum Gasteiger partial charge on any atom is -0.349 e. The second kappa shape index (κ2) is 12.8. The molecule has 0 spiro atoms. The van der Waals surface area contributed by atoms with Gasteiger partial charge in [0.2, 0.25) is 0 Å². The van der Waals surface area contributed by atoms with Crippen molar-refractivity contribution in [1.82, 2.24) is 15.2 Å². The zero-order valence-electron chi connectivity index (χ0n) is 16.5. The van der Waals surface area contributed by atoms with Gasteiger partial charge in [-0.25, -0.2) is 4.98 Å². The lowest BCUT2D eigenvalue weighted by Gasteiger charge is -2.16. The molecular formula is C21H28Cl2N4OS. The van der Waals surface area contributed by atoms with Crippen LogP contribution >= 0.6 is 36.2 Å².